The summed E-state index contributed by atoms with van der Waals surface area (Å²) in [6.07, 6.45) is 0.854. The van der Waals surface area contributed by atoms with Crippen molar-refractivity contribution in [1.29, 1.82) is 0 Å². The van der Waals surface area contributed by atoms with E-state index in [1.54, 1.807) is 6.07 Å². The van der Waals surface area contributed by atoms with Crippen LogP contribution in [-0.4, -0.2) is 44.4 Å². The van der Waals surface area contributed by atoms with Crippen molar-refractivity contribution in [2.45, 2.75) is 6.92 Å². The molecule has 1 saturated heterocycles. The van der Waals surface area contributed by atoms with E-state index in [0.717, 1.165) is 30.5 Å². The van der Waals surface area contributed by atoms with Gasteiger partial charge in [-0.15, -0.1) is 0 Å². The van der Waals surface area contributed by atoms with Gasteiger partial charge in [0, 0.05) is 31.7 Å². The third kappa shape index (κ3) is 5.05. The third-order valence-corrected chi connectivity index (χ3v) is 2.52. The molecule has 1 heterocycles. The van der Waals surface area contributed by atoms with Crippen LogP contribution in [0.15, 0.2) is 24.3 Å². The minimum Gasteiger partial charge on any atom is -0.314 e. The molecule has 0 aromatic heterocycles. The van der Waals surface area contributed by atoms with E-state index in [4.69, 9.17) is 0 Å². The van der Waals surface area contributed by atoms with Crippen LogP contribution in [0.2, 0.25) is 0 Å². The number of nitrogens with one attached hydrogen (secondary N) is 1. The Morgan fingerprint density at radius 3 is 2.38 bits per heavy atom. The molecule has 16 heavy (non-hydrogen) atoms. The lowest BCUT2D eigenvalue weighted by Gasteiger charge is -2.21. The fourth-order valence-corrected chi connectivity index (χ4v) is 1.52. The van der Waals surface area contributed by atoms with Crippen molar-refractivity contribution in [1.82, 2.24) is 10.2 Å². The molecule has 0 bridgehead atoms. The first-order valence-corrected chi connectivity index (χ1v) is 5.63. The summed E-state index contributed by atoms with van der Waals surface area (Å²) in [6, 6.07) is 7.49. The molecule has 1 aromatic rings. The summed E-state index contributed by atoms with van der Waals surface area (Å²) in [5.41, 5.74) is 1.87. The number of hydrogen-bond acceptors (Lipinski definition) is 3. The average molecular weight is 220 g/mol. The van der Waals surface area contributed by atoms with Crippen LogP contribution in [0.25, 0.3) is 0 Å². The van der Waals surface area contributed by atoms with E-state index in [1.165, 1.54) is 13.1 Å². The second-order valence-electron chi connectivity index (χ2n) is 4.09. The van der Waals surface area contributed by atoms with Gasteiger partial charge in [-0.05, 0) is 20.0 Å². The monoisotopic (exact) mass is 220 g/mol. The van der Waals surface area contributed by atoms with E-state index in [-0.39, 0.29) is 0 Å². The number of benzene rings is 1. The Bertz CT molecular complexity index is 319. The van der Waals surface area contributed by atoms with Gasteiger partial charge in [0.05, 0.1) is 0 Å². The predicted octanol–water partition coefficient (Wildman–Crippen LogP) is 1.33. The Balaban J connectivity index is 0.000000165. The van der Waals surface area contributed by atoms with Crippen LogP contribution in [0.5, 0.6) is 0 Å². The molecule has 0 radical (unpaired) electrons. The number of hydrogen-bond donors (Lipinski definition) is 1. The molecule has 0 saturated carbocycles. The van der Waals surface area contributed by atoms with Crippen LogP contribution in [0.4, 0.5) is 0 Å². The first kappa shape index (κ1) is 12.9. The summed E-state index contributed by atoms with van der Waals surface area (Å²) in [7, 11) is 2.15. The summed E-state index contributed by atoms with van der Waals surface area (Å²) in [6.45, 7) is 6.71. The summed E-state index contributed by atoms with van der Waals surface area (Å²) in [5, 5.41) is 3.27. The zero-order valence-electron chi connectivity index (χ0n) is 10.1. The second kappa shape index (κ2) is 7.14. The fourth-order valence-electron chi connectivity index (χ4n) is 1.52. The number of carbonyl (C=O) groups excluding carboxylic acids is 1. The number of rotatable bonds is 1. The average Bonchev–Trinajstić information content (AvgIpc) is 2.31. The Morgan fingerprint density at radius 2 is 2.00 bits per heavy atom. The van der Waals surface area contributed by atoms with E-state index < -0.39 is 0 Å². The molecule has 3 heteroatoms. The minimum atomic E-state index is 0.745. The van der Waals surface area contributed by atoms with Gasteiger partial charge in [0.2, 0.25) is 0 Å². The van der Waals surface area contributed by atoms with Crippen molar-refractivity contribution in [3.8, 4) is 0 Å². The van der Waals surface area contributed by atoms with Gasteiger partial charge in [0.1, 0.15) is 6.29 Å². The lowest BCUT2D eigenvalue weighted by Crippen LogP contribution is -2.40. The lowest BCUT2D eigenvalue weighted by molar-refractivity contribution is 0.112. The predicted molar refractivity (Wildman–Crippen MR) is 66.9 cm³/mol. The van der Waals surface area contributed by atoms with Gasteiger partial charge in [-0.2, -0.15) is 0 Å². The summed E-state index contributed by atoms with van der Waals surface area (Å²) >= 11 is 0. The van der Waals surface area contributed by atoms with E-state index in [2.05, 4.69) is 17.3 Å². The van der Waals surface area contributed by atoms with Crippen LogP contribution >= 0.6 is 0 Å². The van der Waals surface area contributed by atoms with Crippen molar-refractivity contribution in [2.24, 2.45) is 0 Å². The molecule has 1 aromatic carbocycles. The van der Waals surface area contributed by atoms with Crippen LogP contribution in [0.3, 0.4) is 0 Å². The van der Waals surface area contributed by atoms with E-state index in [0.29, 0.717) is 0 Å². The van der Waals surface area contributed by atoms with Crippen LogP contribution in [0, 0.1) is 6.92 Å². The number of nitrogens with zero attached hydrogens (tertiary/aromatic N) is 1. The molecule has 1 fully saturated rings. The Kier molecular flexibility index (Phi) is 5.75. The van der Waals surface area contributed by atoms with Crippen molar-refractivity contribution >= 4 is 6.29 Å². The minimum absolute atomic E-state index is 0.745. The maximum absolute atomic E-state index is 10.2. The van der Waals surface area contributed by atoms with Gasteiger partial charge >= 0.3 is 0 Å². The lowest BCUT2D eigenvalue weighted by atomic mass is 10.2. The van der Waals surface area contributed by atoms with E-state index in [9.17, 15) is 4.79 Å². The standard InChI is InChI=1S/C8H8O.C5H12N2/c1-7-3-2-4-8(5-7)6-9;1-7-4-2-6-3-5-7/h2-6H,1H3;6H,2-5H2,1H3. The van der Waals surface area contributed by atoms with Crippen molar-refractivity contribution in [3.63, 3.8) is 0 Å². The molecule has 1 aliphatic heterocycles. The highest BCUT2D eigenvalue weighted by Gasteiger charge is 2.01. The Morgan fingerprint density at radius 1 is 1.31 bits per heavy atom. The number of aldehydes is 1. The van der Waals surface area contributed by atoms with Gasteiger partial charge in [-0.3, -0.25) is 4.79 Å². The van der Waals surface area contributed by atoms with Gasteiger partial charge in [-0.25, -0.2) is 0 Å². The molecule has 0 atom stereocenters. The first-order chi connectivity index (χ1) is 7.72. The smallest absolute Gasteiger partial charge is 0.150 e. The molecule has 0 unspecified atom stereocenters. The van der Waals surface area contributed by atoms with Crippen molar-refractivity contribution < 1.29 is 4.79 Å². The third-order valence-electron chi connectivity index (χ3n) is 2.52. The number of likely N-dealkylation sites (N-methyl/N-ethyl adjacent to an activating group) is 1. The highest BCUT2D eigenvalue weighted by Crippen LogP contribution is 1.99. The molecular weight excluding hydrogens is 200 g/mol. The molecule has 0 amide bonds. The van der Waals surface area contributed by atoms with Crippen LogP contribution < -0.4 is 5.32 Å². The molecule has 1 N–H and O–H groups in total. The number of carbonyl (C=O) groups is 1. The maximum Gasteiger partial charge on any atom is 0.150 e. The molecule has 1 aliphatic rings. The molecule has 3 nitrogen and oxygen atoms in total. The SMILES string of the molecule is CN1CCNCC1.Cc1cccc(C=O)c1. The molecule has 0 spiro atoms. The van der Waals surface area contributed by atoms with Gasteiger partial charge in [0.25, 0.3) is 0 Å². The normalized spacial score (nSPS) is 16.1. The molecule has 88 valence electrons. The van der Waals surface area contributed by atoms with Crippen molar-refractivity contribution in [2.75, 3.05) is 33.2 Å². The van der Waals surface area contributed by atoms with Crippen molar-refractivity contribution in [3.05, 3.63) is 35.4 Å². The highest BCUT2D eigenvalue weighted by molar-refractivity contribution is 5.74. The first-order valence-electron chi connectivity index (χ1n) is 5.63. The zero-order valence-corrected chi connectivity index (χ0v) is 10.1. The van der Waals surface area contributed by atoms with Gasteiger partial charge in [-0.1, -0.05) is 23.8 Å². The summed E-state index contributed by atoms with van der Waals surface area (Å²) in [5.74, 6) is 0. The summed E-state index contributed by atoms with van der Waals surface area (Å²) in [4.78, 5) is 12.5. The maximum atomic E-state index is 10.2. The largest absolute Gasteiger partial charge is 0.314 e. The number of aryl methyl sites for hydroxylation is 1. The fraction of sp³-hybridized carbons (Fsp3) is 0.462. The number of piperazine rings is 1. The summed E-state index contributed by atoms with van der Waals surface area (Å²) < 4.78 is 0. The second-order valence-corrected chi connectivity index (χ2v) is 4.09. The topological polar surface area (TPSA) is 32.3 Å². The zero-order chi connectivity index (χ0) is 11.8. The Labute approximate surface area is 97.5 Å². The molecule has 0 aliphatic carbocycles. The molecule has 2 rings (SSSR count). The van der Waals surface area contributed by atoms with E-state index in [1.807, 2.05) is 25.1 Å². The van der Waals surface area contributed by atoms with Crippen LogP contribution in [0.1, 0.15) is 15.9 Å². The van der Waals surface area contributed by atoms with Gasteiger partial charge < -0.3 is 10.2 Å². The molecular formula is C13H20N2O. The Hall–Kier alpha value is -1.19. The highest BCUT2D eigenvalue weighted by atomic mass is 16.1. The van der Waals surface area contributed by atoms with E-state index >= 15 is 0 Å². The quantitative estimate of drug-likeness (QED) is 0.725. The van der Waals surface area contributed by atoms with Gasteiger partial charge in [0.15, 0.2) is 0 Å². The van der Waals surface area contributed by atoms with Crippen LogP contribution in [-0.2, 0) is 0 Å².